The maximum atomic E-state index is 13.5. The van der Waals surface area contributed by atoms with Gasteiger partial charge in [0.2, 0.25) is 10.0 Å². The fourth-order valence-corrected chi connectivity index (χ4v) is 7.14. The number of carboxylic acids is 1. The first-order chi connectivity index (χ1) is 15.2. The van der Waals surface area contributed by atoms with Crippen molar-refractivity contribution in [1.29, 1.82) is 0 Å². The molecular weight excluding hydrogens is 466 g/mol. The summed E-state index contributed by atoms with van der Waals surface area (Å²) < 4.78 is 37.8. The van der Waals surface area contributed by atoms with Gasteiger partial charge in [0, 0.05) is 16.5 Å². The van der Waals surface area contributed by atoms with E-state index in [9.17, 15) is 23.1 Å². The summed E-state index contributed by atoms with van der Waals surface area (Å²) in [6, 6.07) is 4.45. The van der Waals surface area contributed by atoms with Crippen LogP contribution in [0.25, 0.3) is 0 Å². The van der Waals surface area contributed by atoms with Crippen LogP contribution >= 0.6 is 11.8 Å². The molecule has 182 valence electrons. The molecule has 0 saturated carbocycles. The Morgan fingerprint density at radius 1 is 1.24 bits per heavy atom. The third kappa shape index (κ3) is 7.13. The molecule has 1 heterocycles. The molecular formula is C23H31NO7S2. The van der Waals surface area contributed by atoms with Gasteiger partial charge in [-0.2, -0.15) is 4.31 Å². The van der Waals surface area contributed by atoms with E-state index in [1.807, 2.05) is 0 Å². The number of aliphatic carboxylic acids is 1. The van der Waals surface area contributed by atoms with Crippen LogP contribution in [0.2, 0.25) is 0 Å². The van der Waals surface area contributed by atoms with Gasteiger partial charge in [0.05, 0.1) is 11.3 Å². The molecule has 2 unspecified atom stereocenters. The zero-order valence-electron chi connectivity index (χ0n) is 19.7. The van der Waals surface area contributed by atoms with Crippen LogP contribution in [0.15, 0.2) is 29.2 Å². The molecule has 33 heavy (non-hydrogen) atoms. The Balaban J connectivity index is 2.34. The number of sulfonamides is 1. The van der Waals surface area contributed by atoms with Gasteiger partial charge in [-0.25, -0.2) is 8.42 Å². The van der Waals surface area contributed by atoms with E-state index in [0.717, 1.165) is 4.31 Å². The van der Waals surface area contributed by atoms with E-state index in [1.165, 1.54) is 36.0 Å². The largest absolute Gasteiger partial charge is 0.481 e. The summed E-state index contributed by atoms with van der Waals surface area (Å²) in [5, 5.41) is 9.43. The molecule has 0 amide bonds. The number of carboxylic acid groups (broad SMARTS) is 1. The number of carbonyl (C=O) groups is 2. The molecule has 1 fully saturated rings. The number of hydrogen-bond donors (Lipinski definition) is 1. The van der Waals surface area contributed by atoms with Gasteiger partial charge in [-0.3, -0.25) is 9.59 Å². The second kappa shape index (κ2) is 10.4. The highest BCUT2D eigenvalue weighted by Crippen LogP contribution is 2.43. The quantitative estimate of drug-likeness (QED) is 0.452. The second-order valence-corrected chi connectivity index (χ2v) is 13.0. The first-order valence-electron chi connectivity index (χ1n) is 10.4. The van der Waals surface area contributed by atoms with E-state index in [1.54, 1.807) is 41.5 Å². The van der Waals surface area contributed by atoms with Gasteiger partial charge in [-0.15, -0.1) is 17.7 Å². The summed E-state index contributed by atoms with van der Waals surface area (Å²) in [5.74, 6) is 4.20. The zero-order valence-corrected chi connectivity index (χ0v) is 21.4. The molecule has 2 atom stereocenters. The smallest absolute Gasteiger partial charge is 0.323 e. The maximum Gasteiger partial charge on any atom is 0.323 e. The van der Waals surface area contributed by atoms with E-state index >= 15 is 0 Å². The number of hydrogen-bond acceptors (Lipinski definition) is 7. The van der Waals surface area contributed by atoms with Gasteiger partial charge in [0.25, 0.3) is 0 Å². The molecule has 1 aromatic carbocycles. The van der Waals surface area contributed by atoms with Crippen molar-refractivity contribution in [3.8, 4) is 17.6 Å². The van der Waals surface area contributed by atoms with Gasteiger partial charge in [-0.1, -0.05) is 5.92 Å². The molecule has 0 radical (unpaired) electrons. The Labute approximate surface area is 200 Å². The predicted octanol–water partition coefficient (Wildman–Crippen LogP) is 3.16. The number of rotatable bonds is 7. The molecule has 1 aliphatic rings. The molecule has 1 aliphatic heterocycles. The summed E-state index contributed by atoms with van der Waals surface area (Å²) in [6.07, 6.45) is -0.0328. The topological polar surface area (TPSA) is 110 Å². The van der Waals surface area contributed by atoms with Crippen molar-refractivity contribution >= 4 is 33.7 Å². The number of benzene rings is 1. The molecule has 10 heteroatoms. The van der Waals surface area contributed by atoms with Crippen LogP contribution in [-0.2, 0) is 24.3 Å². The van der Waals surface area contributed by atoms with Crippen LogP contribution < -0.4 is 4.74 Å². The fourth-order valence-electron chi connectivity index (χ4n) is 3.55. The van der Waals surface area contributed by atoms with Crippen LogP contribution in [0.5, 0.6) is 5.75 Å². The highest BCUT2D eigenvalue weighted by Gasteiger charge is 2.51. The lowest BCUT2D eigenvalue weighted by atomic mass is 10.0. The third-order valence-corrected chi connectivity index (χ3v) is 8.09. The molecule has 2 rings (SSSR count). The Kier molecular flexibility index (Phi) is 8.49. The van der Waals surface area contributed by atoms with Crippen LogP contribution in [0, 0.1) is 11.8 Å². The van der Waals surface area contributed by atoms with Crippen molar-refractivity contribution in [2.45, 2.75) is 74.5 Å². The van der Waals surface area contributed by atoms with E-state index in [2.05, 4.69) is 11.8 Å². The van der Waals surface area contributed by atoms with Crippen molar-refractivity contribution < 1.29 is 32.6 Å². The second-order valence-electron chi connectivity index (χ2n) is 9.14. The average Bonchev–Trinajstić information content (AvgIpc) is 2.65. The van der Waals surface area contributed by atoms with E-state index < -0.39 is 43.6 Å². The Hall–Kier alpha value is -2.22. The fraction of sp³-hybridized carbons (Fsp3) is 0.565. The number of nitrogens with zero attached hydrogens (tertiary/aromatic N) is 1. The number of carbonyl (C=O) groups excluding carboxylic acids is 1. The lowest BCUT2D eigenvalue weighted by Crippen LogP contribution is -2.60. The van der Waals surface area contributed by atoms with Crippen molar-refractivity contribution in [1.82, 2.24) is 4.31 Å². The highest BCUT2D eigenvalue weighted by atomic mass is 32.2. The minimum atomic E-state index is -4.17. The normalized spacial score (nSPS) is 20.9. The van der Waals surface area contributed by atoms with Gasteiger partial charge in [0.15, 0.2) is 0 Å². The minimum absolute atomic E-state index is 0.0328. The number of esters is 1. The lowest BCUT2D eigenvalue weighted by Gasteiger charge is -2.45. The SMILES string of the molecule is CC#CCOc1ccc(S(=O)(=O)N2CC(CC(=O)OC(C)(C)C)SC(C)(C)C2C(=O)O)cc1. The molecule has 1 N–H and O–H groups in total. The van der Waals surface area contributed by atoms with Crippen LogP contribution in [0.3, 0.4) is 0 Å². The van der Waals surface area contributed by atoms with E-state index in [-0.39, 0.29) is 24.5 Å². The standard InChI is InChI=1S/C23H31NO7S2/c1-7-8-13-30-16-9-11-18(12-10-16)33(28,29)24-15-17(14-19(25)31-22(2,3)4)32-23(5,6)20(24)21(26)27/h9-12,17,20H,13-15H2,1-6H3,(H,26,27). The molecule has 1 aromatic rings. The van der Waals surface area contributed by atoms with Gasteiger partial charge in [0.1, 0.15) is 24.0 Å². The first kappa shape index (κ1) is 27.0. The van der Waals surface area contributed by atoms with Crippen LogP contribution in [0.1, 0.15) is 48.0 Å². The molecule has 0 aliphatic carbocycles. The van der Waals surface area contributed by atoms with Crippen molar-refractivity contribution in [3.05, 3.63) is 24.3 Å². The van der Waals surface area contributed by atoms with Gasteiger partial charge < -0.3 is 14.6 Å². The monoisotopic (exact) mass is 497 g/mol. The predicted molar refractivity (Wildman–Crippen MR) is 127 cm³/mol. The van der Waals surface area contributed by atoms with E-state index in [0.29, 0.717) is 5.75 Å². The van der Waals surface area contributed by atoms with E-state index in [4.69, 9.17) is 9.47 Å². The van der Waals surface area contributed by atoms with Gasteiger partial charge >= 0.3 is 11.9 Å². The van der Waals surface area contributed by atoms with Crippen molar-refractivity contribution in [2.24, 2.45) is 0 Å². The summed E-state index contributed by atoms with van der Waals surface area (Å²) >= 11 is 1.29. The number of ether oxygens (including phenoxy) is 2. The Bertz CT molecular complexity index is 1030. The van der Waals surface area contributed by atoms with Crippen molar-refractivity contribution in [3.63, 3.8) is 0 Å². The van der Waals surface area contributed by atoms with Crippen LogP contribution in [0.4, 0.5) is 0 Å². The molecule has 0 bridgehead atoms. The Morgan fingerprint density at radius 3 is 2.36 bits per heavy atom. The molecule has 8 nitrogen and oxygen atoms in total. The molecule has 0 spiro atoms. The Morgan fingerprint density at radius 2 is 1.85 bits per heavy atom. The summed E-state index contributed by atoms with van der Waals surface area (Å²) in [4.78, 5) is 24.5. The highest BCUT2D eigenvalue weighted by molar-refractivity contribution is 8.01. The van der Waals surface area contributed by atoms with Crippen molar-refractivity contribution in [2.75, 3.05) is 13.2 Å². The lowest BCUT2D eigenvalue weighted by molar-refractivity contribution is -0.154. The average molecular weight is 498 g/mol. The molecule has 1 saturated heterocycles. The summed E-state index contributed by atoms with van der Waals surface area (Å²) in [6.45, 7) is 10.3. The summed E-state index contributed by atoms with van der Waals surface area (Å²) in [7, 11) is -4.17. The summed E-state index contributed by atoms with van der Waals surface area (Å²) in [5.41, 5.74) is -0.673. The molecule has 0 aromatic heterocycles. The third-order valence-electron chi connectivity index (χ3n) is 4.77. The first-order valence-corrected chi connectivity index (χ1v) is 12.8. The minimum Gasteiger partial charge on any atom is -0.481 e. The number of thioether (sulfide) groups is 1. The van der Waals surface area contributed by atoms with Gasteiger partial charge in [-0.05, 0) is 65.8 Å². The van der Waals surface area contributed by atoms with Crippen LogP contribution in [-0.4, -0.2) is 64.6 Å². The maximum absolute atomic E-state index is 13.5. The zero-order chi connectivity index (χ0) is 25.0.